The van der Waals surface area contributed by atoms with Crippen molar-refractivity contribution in [1.82, 2.24) is 14.8 Å². The smallest absolute Gasteiger partial charge is 0.343 e. The molecule has 8 nitrogen and oxygen atoms in total. The second-order valence-electron chi connectivity index (χ2n) is 7.28. The fourth-order valence-corrected chi connectivity index (χ4v) is 4.73. The summed E-state index contributed by atoms with van der Waals surface area (Å²) >= 11 is 0. The molecule has 0 saturated carbocycles. The van der Waals surface area contributed by atoms with E-state index in [2.05, 4.69) is 14.8 Å². The summed E-state index contributed by atoms with van der Waals surface area (Å²) in [5.74, 6) is -0.360. The highest BCUT2D eigenvalue weighted by molar-refractivity contribution is 7.92. The van der Waals surface area contributed by atoms with Crippen LogP contribution < -0.4 is 4.72 Å². The van der Waals surface area contributed by atoms with Gasteiger partial charge >= 0.3 is 5.97 Å². The number of para-hydroxylation sites is 1. The molecule has 0 aliphatic rings. The Kier molecular flexibility index (Phi) is 5.67. The average molecular weight is 451 g/mol. The largest absolute Gasteiger partial charge is 0.462 e. The number of carbonyl (C=O) groups is 1. The van der Waals surface area contributed by atoms with Gasteiger partial charge in [-0.3, -0.25) is 4.72 Å². The Morgan fingerprint density at radius 2 is 1.88 bits per heavy atom. The van der Waals surface area contributed by atoms with Gasteiger partial charge in [0.2, 0.25) is 0 Å². The van der Waals surface area contributed by atoms with Crippen LogP contribution in [-0.2, 0) is 14.8 Å². The van der Waals surface area contributed by atoms with Crippen LogP contribution >= 0.6 is 0 Å². The van der Waals surface area contributed by atoms with E-state index in [-0.39, 0.29) is 22.9 Å². The number of benzene rings is 2. The Labute approximate surface area is 185 Å². The van der Waals surface area contributed by atoms with Crippen molar-refractivity contribution in [3.05, 3.63) is 77.5 Å². The summed E-state index contributed by atoms with van der Waals surface area (Å²) in [6.07, 6.45) is 1.27. The number of rotatable bonds is 6. The van der Waals surface area contributed by atoms with Gasteiger partial charge in [-0.25, -0.2) is 18.2 Å². The fraction of sp³-hybridized carbons (Fsp3) is 0.174. The van der Waals surface area contributed by atoms with Gasteiger partial charge in [0.25, 0.3) is 10.0 Å². The van der Waals surface area contributed by atoms with Gasteiger partial charge in [0.15, 0.2) is 11.6 Å². The molecular weight excluding hydrogens is 428 g/mol. The quantitative estimate of drug-likeness (QED) is 0.445. The summed E-state index contributed by atoms with van der Waals surface area (Å²) in [4.78, 5) is 17.2. The van der Waals surface area contributed by atoms with Crippen LogP contribution in [0.3, 0.4) is 0 Å². The fourth-order valence-electron chi connectivity index (χ4n) is 3.43. The van der Waals surface area contributed by atoms with Crippen molar-refractivity contribution in [2.24, 2.45) is 0 Å². The second-order valence-corrected chi connectivity index (χ2v) is 8.93. The third kappa shape index (κ3) is 4.06. The lowest BCUT2D eigenvalue weighted by molar-refractivity contribution is 0.0527. The average Bonchev–Trinajstić information content (AvgIpc) is 3.16. The molecule has 0 aliphatic heterocycles. The highest BCUT2D eigenvalue weighted by Gasteiger charge is 2.26. The van der Waals surface area contributed by atoms with Crippen molar-refractivity contribution in [2.75, 3.05) is 11.3 Å². The number of sulfonamides is 1. The first-order valence-corrected chi connectivity index (χ1v) is 11.5. The van der Waals surface area contributed by atoms with Gasteiger partial charge < -0.3 is 4.74 Å². The number of ether oxygens (including phenoxy) is 1. The molecular formula is C23H22N4O4S. The molecule has 0 aliphatic carbocycles. The molecule has 4 rings (SSSR count). The number of hydrogen-bond donors (Lipinski definition) is 1. The molecule has 0 fully saturated rings. The molecule has 164 valence electrons. The van der Waals surface area contributed by atoms with Crippen LogP contribution in [0, 0.1) is 13.8 Å². The second kappa shape index (κ2) is 8.43. The summed E-state index contributed by atoms with van der Waals surface area (Å²) in [6, 6.07) is 16.1. The van der Waals surface area contributed by atoms with Crippen molar-refractivity contribution in [2.45, 2.75) is 25.7 Å². The van der Waals surface area contributed by atoms with E-state index in [0.717, 1.165) is 10.9 Å². The van der Waals surface area contributed by atoms with E-state index in [9.17, 15) is 13.2 Å². The molecule has 9 heteroatoms. The number of fused-ring (bicyclic) bond motifs is 1. The van der Waals surface area contributed by atoms with Gasteiger partial charge in [-0.05, 0) is 50.6 Å². The Bertz CT molecular complexity index is 1430. The summed E-state index contributed by atoms with van der Waals surface area (Å²) in [6.45, 7) is 5.42. The number of anilines is 1. The zero-order valence-electron chi connectivity index (χ0n) is 17.9. The van der Waals surface area contributed by atoms with Crippen LogP contribution in [0.5, 0.6) is 0 Å². The number of esters is 1. The standard InChI is InChI=1S/C23H22N4O4S/c1-4-31-23(28)18-14-24-27(21-12-10-17-7-5-6-8-19(17)25-21)22(18)26-32(29,30)20-11-9-15(2)13-16(20)3/h5-14,26H,4H2,1-3H3. The van der Waals surface area contributed by atoms with Crippen LogP contribution in [0.25, 0.3) is 16.7 Å². The molecule has 0 unspecified atom stereocenters. The molecule has 4 aromatic rings. The van der Waals surface area contributed by atoms with Crippen LogP contribution in [0.15, 0.2) is 65.7 Å². The number of aromatic nitrogens is 3. The van der Waals surface area contributed by atoms with Crippen molar-refractivity contribution in [1.29, 1.82) is 0 Å². The van der Waals surface area contributed by atoms with Crippen LogP contribution in [0.4, 0.5) is 5.82 Å². The van der Waals surface area contributed by atoms with E-state index in [1.807, 2.05) is 37.3 Å². The van der Waals surface area contributed by atoms with Gasteiger partial charge in [-0.2, -0.15) is 9.78 Å². The zero-order valence-corrected chi connectivity index (χ0v) is 18.7. The minimum absolute atomic E-state index is 0.00449. The first-order chi connectivity index (χ1) is 15.3. The van der Waals surface area contributed by atoms with Crippen molar-refractivity contribution in [3.63, 3.8) is 0 Å². The monoisotopic (exact) mass is 450 g/mol. The first-order valence-electron chi connectivity index (χ1n) is 10.0. The van der Waals surface area contributed by atoms with Gasteiger partial charge in [0, 0.05) is 5.39 Å². The molecule has 0 bridgehead atoms. The number of pyridine rings is 1. The zero-order chi connectivity index (χ0) is 22.9. The van der Waals surface area contributed by atoms with Gasteiger partial charge in [0.1, 0.15) is 5.56 Å². The molecule has 1 N–H and O–H groups in total. The van der Waals surface area contributed by atoms with Crippen molar-refractivity contribution >= 4 is 32.7 Å². The van der Waals surface area contributed by atoms with Crippen LogP contribution in [-0.4, -0.2) is 35.8 Å². The first kappa shape index (κ1) is 21.5. The predicted molar refractivity (Wildman–Crippen MR) is 122 cm³/mol. The van der Waals surface area contributed by atoms with Crippen LogP contribution in [0.2, 0.25) is 0 Å². The number of nitrogens with zero attached hydrogens (tertiary/aromatic N) is 3. The Morgan fingerprint density at radius 3 is 2.62 bits per heavy atom. The third-order valence-electron chi connectivity index (χ3n) is 4.92. The van der Waals surface area contributed by atoms with Gasteiger partial charge in [-0.1, -0.05) is 35.9 Å². The van der Waals surface area contributed by atoms with E-state index in [1.54, 1.807) is 32.0 Å². The lowest BCUT2D eigenvalue weighted by atomic mass is 10.2. The normalized spacial score (nSPS) is 11.5. The number of nitrogens with one attached hydrogen (secondary N) is 1. The Hall–Kier alpha value is -3.72. The molecule has 2 aromatic heterocycles. The van der Waals surface area contributed by atoms with Crippen LogP contribution in [0.1, 0.15) is 28.4 Å². The Balaban J connectivity index is 1.84. The molecule has 2 aromatic carbocycles. The summed E-state index contributed by atoms with van der Waals surface area (Å²) in [5.41, 5.74) is 2.24. The van der Waals surface area contributed by atoms with E-state index < -0.39 is 16.0 Å². The highest BCUT2D eigenvalue weighted by Crippen LogP contribution is 2.26. The summed E-state index contributed by atoms with van der Waals surface area (Å²) in [7, 11) is -4.02. The minimum Gasteiger partial charge on any atom is -0.462 e. The highest BCUT2D eigenvalue weighted by atomic mass is 32.2. The molecule has 2 heterocycles. The molecule has 0 radical (unpaired) electrons. The van der Waals surface area contributed by atoms with E-state index >= 15 is 0 Å². The maximum absolute atomic E-state index is 13.2. The maximum Gasteiger partial charge on any atom is 0.343 e. The van der Waals surface area contributed by atoms with E-state index in [1.165, 1.54) is 16.9 Å². The minimum atomic E-state index is -4.02. The van der Waals surface area contributed by atoms with E-state index in [0.29, 0.717) is 16.9 Å². The maximum atomic E-state index is 13.2. The molecule has 0 spiro atoms. The molecule has 0 amide bonds. The number of aryl methyl sites for hydroxylation is 2. The van der Waals surface area contributed by atoms with Crippen molar-refractivity contribution in [3.8, 4) is 5.82 Å². The number of hydrogen-bond acceptors (Lipinski definition) is 6. The SMILES string of the molecule is CCOC(=O)c1cnn(-c2ccc3ccccc3n2)c1NS(=O)(=O)c1ccc(C)cc1C. The van der Waals surface area contributed by atoms with Crippen molar-refractivity contribution < 1.29 is 17.9 Å². The lowest BCUT2D eigenvalue weighted by Gasteiger charge is -2.14. The lowest BCUT2D eigenvalue weighted by Crippen LogP contribution is -2.19. The Morgan fingerprint density at radius 1 is 1.09 bits per heavy atom. The molecule has 0 saturated heterocycles. The topological polar surface area (TPSA) is 103 Å². The van der Waals surface area contributed by atoms with Gasteiger partial charge in [-0.15, -0.1) is 0 Å². The predicted octanol–water partition coefficient (Wildman–Crippen LogP) is 4.01. The number of carbonyl (C=O) groups excluding carboxylic acids is 1. The van der Waals surface area contributed by atoms with E-state index in [4.69, 9.17) is 4.74 Å². The third-order valence-corrected chi connectivity index (χ3v) is 6.42. The summed E-state index contributed by atoms with van der Waals surface area (Å²) in [5, 5.41) is 5.16. The van der Waals surface area contributed by atoms with Gasteiger partial charge in [0.05, 0.1) is 23.2 Å². The summed E-state index contributed by atoms with van der Waals surface area (Å²) < 4.78 is 35.4. The molecule has 32 heavy (non-hydrogen) atoms. The molecule has 0 atom stereocenters.